The second kappa shape index (κ2) is 13.0. The van der Waals surface area contributed by atoms with Gasteiger partial charge in [0.1, 0.15) is 0 Å². The molecule has 0 N–H and O–H groups in total. The van der Waals surface area contributed by atoms with E-state index in [1.165, 1.54) is 50.1 Å². The fraction of sp³-hybridized carbons (Fsp3) is 0.275. The average Bonchev–Trinajstić information content (AvgIpc) is 3.51. The zero-order valence-electron chi connectivity index (χ0n) is 26.4. The van der Waals surface area contributed by atoms with Crippen LogP contribution in [-0.4, -0.2) is 3.21 Å². The molecule has 4 aromatic carbocycles. The van der Waals surface area contributed by atoms with E-state index in [0.717, 1.165) is 6.42 Å². The summed E-state index contributed by atoms with van der Waals surface area (Å²) in [5.74, 6) is 0. The Labute approximate surface area is 282 Å². The quantitative estimate of drug-likeness (QED) is 0.299. The maximum Gasteiger partial charge on any atom is -1.00 e. The number of benzene rings is 4. The molecule has 1 unspecified atom stereocenters. The molecule has 219 valence electrons. The van der Waals surface area contributed by atoms with Crippen LogP contribution in [0.3, 0.4) is 0 Å². The molecule has 0 radical (unpaired) electrons. The zero-order chi connectivity index (χ0) is 28.9. The van der Waals surface area contributed by atoms with Gasteiger partial charge in [0.25, 0.3) is 0 Å². The van der Waals surface area contributed by atoms with E-state index in [4.69, 9.17) is 0 Å². The number of rotatable bonds is 4. The molecule has 6 rings (SSSR count). The number of halogens is 2. The smallest absolute Gasteiger partial charge is 1.00 e. The molecule has 0 amide bonds. The van der Waals surface area contributed by atoms with Crippen molar-refractivity contribution in [2.45, 2.75) is 69.3 Å². The first-order valence-electron chi connectivity index (χ1n) is 15.0. The van der Waals surface area contributed by atoms with Crippen LogP contribution >= 0.6 is 0 Å². The van der Waals surface area contributed by atoms with E-state index in [1.807, 2.05) is 0 Å². The molecule has 2 aliphatic carbocycles. The van der Waals surface area contributed by atoms with Crippen molar-refractivity contribution in [1.82, 2.24) is 0 Å². The molecular weight excluding hydrogens is 643 g/mol. The van der Waals surface area contributed by atoms with Crippen molar-refractivity contribution in [2.24, 2.45) is 0 Å². The van der Waals surface area contributed by atoms with Gasteiger partial charge >= 0.3 is 260 Å². The molecule has 0 saturated carbocycles. The van der Waals surface area contributed by atoms with Gasteiger partial charge in [-0.05, 0) is 0 Å². The van der Waals surface area contributed by atoms with Gasteiger partial charge in [-0.1, -0.05) is 0 Å². The fourth-order valence-electron chi connectivity index (χ4n) is 6.52. The summed E-state index contributed by atoms with van der Waals surface area (Å²) in [4.78, 5) is 0. The first-order valence-corrected chi connectivity index (χ1v) is 17.6. The van der Waals surface area contributed by atoms with Gasteiger partial charge in [-0.3, -0.25) is 0 Å². The van der Waals surface area contributed by atoms with E-state index >= 15 is 0 Å². The topological polar surface area (TPSA) is 0 Å². The molecule has 0 aliphatic heterocycles. The summed E-state index contributed by atoms with van der Waals surface area (Å²) >= 11 is -1.22. The Morgan fingerprint density at radius 1 is 0.698 bits per heavy atom. The second-order valence-electron chi connectivity index (χ2n) is 13.7. The number of allylic oxidation sites excluding steroid dienone is 4. The molecule has 43 heavy (non-hydrogen) atoms. The van der Waals surface area contributed by atoms with Gasteiger partial charge in [-0.15, -0.1) is 0 Å². The number of fused-ring (bicyclic) bond motifs is 3. The SMILES string of the molecule is CC1=C(c2c(C(C)(C)C)ccc3c2[CH]([Zr+2]=[C](c2ccccc2)c2ccccc2)c2cc(C(C)(C)C)ccc2-3)CC=C1.[Cl-].[Cl-]. The monoisotopic (exact) mass is 681 g/mol. The summed E-state index contributed by atoms with van der Waals surface area (Å²) in [6.45, 7) is 16.5. The molecule has 3 heteroatoms. The third-order valence-electron chi connectivity index (χ3n) is 8.74. The van der Waals surface area contributed by atoms with Crippen molar-refractivity contribution in [1.29, 1.82) is 0 Å². The standard InChI is InChI=1S/C27H31.C13H10.2ClH.Zr/c1-17-9-8-10-20(17)25-23-16-18-15-19(26(2,3)4)11-12-21(18)22(23)13-14-24(25)27(5,6)7;1-3-7-12(8-4-1)11-13-9-5-2-6-10-13;;;/h8-9,11-16H,10H2,1-7H3;1-10H;2*1H;/q;;;;+2/p-2. The zero-order valence-corrected chi connectivity index (χ0v) is 30.3. The van der Waals surface area contributed by atoms with E-state index in [-0.39, 0.29) is 35.6 Å². The van der Waals surface area contributed by atoms with Crippen LogP contribution in [0.2, 0.25) is 0 Å². The molecule has 0 fully saturated rings. The van der Waals surface area contributed by atoms with Crippen molar-refractivity contribution < 1.29 is 47.6 Å². The molecule has 0 nitrogen and oxygen atoms in total. The minimum absolute atomic E-state index is 0. The van der Waals surface area contributed by atoms with E-state index in [9.17, 15) is 0 Å². The molecule has 1 atom stereocenters. The molecule has 0 bridgehead atoms. The Morgan fingerprint density at radius 3 is 1.79 bits per heavy atom. The summed E-state index contributed by atoms with van der Waals surface area (Å²) in [5, 5.41) is 0. The first kappa shape index (κ1) is 33.6. The molecule has 0 heterocycles. The molecule has 0 aromatic heterocycles. The van der Waals surface area contributed by atoms with Gasteiger partial charge in [0.15, 0.2) is 0 Å². The maximum atomic E-state index is 2.57. The largest absolute Gasteiger partial charge is 1.00 e. The predicted octanol–water partition coefficient (Wildman–Crippen LogP) is 4.44. The summed E-state index contributed by atoms with van der Waals surface area (Å²) in [5.41, 5.74) is 16.4. The van der Waals surface area contributed by atoms with Crippen LogP contribution in [0.15, 0.2) is 109 Å². The van der Waals surface area contributed by atoms with Crippen molar-refractivity contribution in [2.75, 3.05) is 0 Å². The number of hydrogen-bond acceptors (Lipinski definition) is 0. The van der Waals surface area contributed by atoms with E-state index < -0.39 is 22.8 Å². The summed E-state index contributed by atoms with van der Waals surface area (Å²) in [6.07, 6.45) is 5.72. The van der Waals surface area contributed by atoms with Gasteiger partial charge in [-0.2, -0.15) is 0 Å². The van der Waals surface area contributed by atoms with Gasteiger partial charge in [-0.25, -0.2) is 0 Å². The van der Waals surface area contributed by atoms with E-state index in [0.29, 0.717) is 3.63 Å². The van der Waals surface area contributed by atoms with Crippen LogP contribution in [0.1, 0.15) is 97.5 Å². The second-order valence-corrected chi connectivity index (χ2v) is 17.1. The molecule has 4 aromatic rings. The van der Waals surface area contributed by atoms with Crippen molar-refractivity contribution in [3.8, 4) is 11.1 Å². The van der Waals surface area contributed by atoms with Crippen LogP contribution in [0.4, 0.5) is 0 Å². The summed E-state index contributed by atoms with van der Waals surface area (Å²) in [7, 11) is 0. The Morgan fingerprint density at radius 2 is 1.28 bits per heavy atom. The van der Waals surface area contributed by atoms with Crippen LogP contribution in [-0.2, 0) is 33.6 Å². The Balaban J connectivity index is 0.00000212. The molecule has 0 spiro atoms. The van der Waals surface area contributed by atoms with Gasteiger partial charge in [0.2, 0.25) is 0 Å². The van der Waals surface area contributed by atoms with Crippen molar-refractivity contribution >= 4 is 8.78 Å². The van der Waals surface area contributed by atoms with Crippen molar-refractivity contribution in [3.05, 3.63) is 148 Å². The van der Waals surface area contributed by atoms with Gasteiger partial charge in [0, 0.05) is 0 Å². The van der Waals surface area contributed by atoms with Gasteiger partial charge in [0.05, 0.1) is 0 Å². The third-order valence-corrected chi connectivity index (χ3v) is 13.1. The predicted molar refractivity (Wildman–Crippen MR) is 174 cm³/mol. The molecular formula is C40H41Cl2Zr. The molecule has 2 aliphatic rings. The third kappa shape index (κ3) is 6.42. The van der Waals surface area contributed by atoms with Gasteiger partial charge < -0.3 is 24.8 Å². The number of hydrogen-bond donors (Lipinski definition) is 0. The average molecular weight is 684 g/mol. The minimum Gasteiger partial charge on any atom is -1.00 e. The Kier molecular flexibility index (Phi) is 10.1. The molecule has 0 saturated heterocycles. The van der Waals surface area contributed by atoms with Crippen molar-refractivity contribution in [3.63, 3.8) is 0 Å². The van der Waals surface area contributed by atoms with Crippen LogP contribution in [0, 0.1) is 0 Å². The van der Waals surface area contributed by atoms with Crippen LogP contribution < -0.4 is 24.8 Å². The minimum atomic E-state index is -1.22. The fourth-order valence-corrected chi connectivity index (χ4v) is 10.9. The Hall–Kier alpha value is -2.31. The summed E-state index contributed by atoms with van der Waals surface area (Å²) in [6, 6.07) is 34.7. The normalized spacial score (nSPS) is 15.3. The van der Waals surface area contributed by atoms with Crippen LogP contribution in [0.5, 0.6) is 0 Å². The van der Waals surface area contributed by atoms with Crippen LogP contribution in [0.25, 0.3) is 16.7 Å². The maximum absolute atomic E-state index is 2.57. The first-order chi connectivity index (χ1) is 19.5. The Bertz CT molecular complexity index is 1670. The van der Waals surface area contributed by atoms with E-state index in [1.54, 1.807) is 14.3 Å². The van der Waals surface area contributed by atoms with E-state index in [2.05, 4.69) is 152 Å². The summed E-state index contributed by atoms with van der Waals surface area (Å²) < 4.78 is 2.03.